The van der Waals surface area contributed by atoms with E-state index >= 15 is 0 Å². The molecule has 0 spiro atoms. The Balaban J connectivity index is 2.51. The van der Waals surface area contributed by atoms with Crippen LogP contribution in [-0.4, -0.2) is 41.5 Å². The standard InChI is InChI=1S/C13H20BrN3O/c1-4-17(5-2)10(3)7-16-13(18)11-6-12(14)9-15-8-11/h6,8-10H,4-5,7H2,1-3H3,(H,16,18). The van der Waals surface area contributed by atoms with Crippen molar-refractivity contribution in [1.82, 2.24) is 15.2 Å². The molecule has 1 N–H and O–H groups in total. The number of nitrogens with zero attached hydrogens (tertiary/aromatic N) is 2. The number of carbonyl (C=O) groups excluding carboxylic acids is 1. The van der Waals surface area contributed by atoms with Gasteiger partial charge < -0.3 is 5.32 Å². The molecule has 1 amide bonds. The van der Waals surface area contributed by atoms with Gasteiger partial charge in [-0.3, -0.25) is 14.7 Å². The summed E-state index contributed by atoms with van der Waals surface area (Å²) in [5, 5.41) is 2.93. The number of rotatable bonds is 6. The Morgan fingerprint density at radius 3 is 2.67 bits per heavy atom. The van der Waals surface area contributed by atoms with E-state index in [1.165, 1.54) is 0 Å². The second kappa shape index (κ2) is 7.48. The fourth-order valence-electron chi connectivity index (χ4n) is 1.85. The van der Waals surface area contributed by atoms with Crippen LogP contribution in [0.15, 0.2) is 22.9 Å². The maximum absolute atomic E-state index is 11.9. The van der Waals surface area contributed by atoms with Crippen LogP contribution in [0.4, 0.5) is 0 Å². The number of hydrogen-bond donors (Lipinski definition) is 1. The van der Waals surface area contributed by atoms with Gasteiger partial charge in [0.1, 0.15) is 0 Å². The molecule has 0 saturated heterocycles. The van der Waals surface area contributed by atoms with Crippen LogP contribution in [0.1, 0.15) is 31.1 Å². The molecule has 1 atom stereocenters. The van der Waals surface area contributed by atoms with Crippen LogP contribution >= 0.6 is 15.9 Å². The van der Waals surface area contributed by atoms with Crippen molar-refractivity contribution in [1.29, 1.82) is 0 Å². The third-order valence-electron chi connectivity index (χ3n) is 2.96. The Bertz CT molecular complexity index is 394. The van der Waals surface area contributed by atoms with Gasteiger partial charge in [0.05, 0.1) is 5.56 Å². The normalized spacial score (nSPS) is 12.5. The van der Waals surface area contributed by atoms with Crippen LogP contribution in [0, 0.1) is 0 Å². The van der Waals surface area contributed by atoms with Crippen molar-refractivity contribution in [2.24, 2.45) is 0 Å². The molecule has 5 heteroatoms. The Hall–Kier alpha value is -0.940. The van der Waals surface area contributed by atoms with Gasteiger partial charge in [-0.2, -0.15) is 0 Å². The highest BCUT2D eigenvalue weighted by Crippen LogP contribution is 2.09. The fraction of sp³-hybridized carbons (Fsp3) is 0.538. The number of amides is 1. The van der Waals surface area contributed by atoms with Gasteiger partial charge in [0.15, 0.2) is 0 Å². The van der Waals surface area contributed by atoms with E-state index in [4.69, 9.17) is 0 Å². The third-order valence-corrected chi connectivity index (χ3v) is 3.39. The second-order valence-electron chi connectivity index (χ2n) is 4.17. The summed E-state index contributed by atoms with van der Waals surface area (Å²) in [6.07, 6.45) is 3.23. The van der Waals surface area contributed by atoms with Gasteiger partial charge >= 0.3 is 0 Å². The van der Waals surface area contributed by atoms with Crippen LogP contribution in [0.5, 0.6) is 0 Å². The molecule has 1 unspecified atom stereocenters. The number of halogens is 1. The lowest BCUT2D eigenvalue weighted by Crippen LogP contribution is -2.42. The zero-order valence-electron chi connectivity index (χ0n) is 11.1. The minimum atomic E-state index is -0.0807. The minimum absolute atomic E-state index is 0.0807. The molecule has 1 aromatic rings. The molecule has 1 heterocycles. The van der Waals surface area contributed by atoms with Crippen LogP contribution in [-0.2, 0) is 0 Å². The summed E-state index contributed by atoms with van der Waals surface area (Å²) in [7, 11) is 0. The Kier molecular flexibility index (Phi) is 6.29. The Morgan fingerprint density at radius 1 is 1.44 bits per heavy atom. The lowest BCUT2D eigenvalue weighted by molar-refractivity contribution is 0.0937. The molecule has 18 heavy (non-hydrogen) atoms. The van der Waals surface area contributed by atoms with Crippen molar-refractivity contribution >= 4 is 21.8 Å². The van der Waals surface area contributed by atoms with Crippen LogP contribution in [0.3, 0.4) is 0 Å². The van der Waals surface area contributed by atoms with Crippen molar-refractivity contribution < 1.29 is 4.79 Å². The molecule has 0 aliphatic carbocycles. The highest BCUT2D eigenvalue weighted by molar-refractivity contribution is 9.10. The van der Waals surface area contributed by atoms with Crippen molar-refractivity contribution in [3.8, 4) is 0 Å². The summed E-state index contributed by atoms with van der Waals surface area (Å²) >= 11 is 3.31. The largest absolute Gasteiger partial charge is 0.350 e. The van der Waals surface area contributed by atoms with Crippen LogP contribution < -0.4 is 5.32 Å². The molecule has 0 fully saturated rings. The maximum Gasteiger partial charge on any atom is 0.252 e. The van der Waals surface area contributed by atoms with Crippen LogP contribution in [0.2, 0.25) is 0 Å². The van der Waals surface area contributed by atoms with E-state index in [1.807, 2.05) is 0 Å². The molecule has 1 rings (SSSR count). The number of likely N-dealkylation sites (N-methyl/N-ethyl adjacent to an activating group) is 1. The van der Waals surface area contributed by atoms with E-state index in [0.29, 0.717) is 18.2 Å². The van der Waals surface area contributed by atoms with Gasteiger partial charge in [-0.05, 0) is 42.0 Å². The first-order chi connectivity index (χ1) is 8.58. The van der Waals surface area contributed by atoms with Gasteiger partial charge in [0.2, 0.25) is 0 Å². The number of aromatic nitrogens is 1. The molecule has 100 valence electrons. The minimum Gasteiger partial charge on any atom is -0.350 e. The lowest BCUT2D eigenvalue weighted by atomic mass is 10.2. The van der Waals surface area contributed by atoms with Crippen molar-refractivity contribution in [3.63, 3.8) is 0 Å². The molecule has 0 aliphatic rings. The molecule has 0 aliphatic heterocycles. The van der Waals surface area contributed by atoms with Crippen LogP contribution in [0.25, 0.3) is 0 Å². The third kappa shape index (κ3) is 4.38. The second-order valence-corrected chi connectivity index (χ2v) is 5.09. The number of nitrogens with one attached hydrogen (secondary N) is 1. The smallest absolute Gasteiger partial charge is 0.252 e. The highest BCUT2D eigenvalue weighted by atomic mass is 79.9. The van der Waals surface area contributed by atoms with E-state index in [2.05, 4.69) is 51.9 Å². The first kappa shape index (κ1) is 15.1. The lowest BCUT2D eigenvalue weighted by Gasteiger charge is -2.26. The first-order valence-electron chi connectivity index (χ1n) is 6.21. The molecule has 4 nitrogen and oxygen atoms in total. The van der Waals surface area contributed by atoms with Gasteiger partial charge in [0, 0.05) is 29.5 Å². The topological polar surface area (TPSA) is 45.2 Å². The molecular formula is C13H20BrN3O. The molecule has 0 radical (unpaired) electrons. The number of carbonyl (C=O) groups is 1. The maximum atomic E-state index is 11.9. The summed E-state index contributed by atoms with van der Waals surface area (Å²) in [6, 6.07) is 2.11. The predicted octanol–water partition coefficient (Wildman–Crippen LogP) is 2.30. The molecule has 0 bridgehead atoms. The first-order valence-corrected chi connectivity index (χ1v) is 7.00. The summed E-state index contributed by atoms with van der Waals surface area (Å²) in [5.41, 5.74) is 0.580. The quantitative estimate of drug-likeness (QED) is 0.876. The molecular weight excluding hydrogens is 294 g/mol. The van der Waals surface area contributed by atoms with E-state index in [0.717, 1.165) is 17.6 Å². The van der Waals surface area contributed by atoms with E-state index in [-0.39, 0.29) is 5.91 Å². The fourth-order valence-corrected chi connectivity index (χ4v) is 2.22. The zero-order chi connectivity index (χ0) is 13.5. The van der Waals surface area contributed by atoms with Crippen molar-refractivity contribution in [3.05, 3.63) is 28.5 Å². The molecule has 0 aromatic carbocycles. The number of hydrogen-bond acceptors (Lipinski definition) is 3. The molecule has 0 saturated carbocycles. The SMILES string of the molecule is CCN(CC)C(C)CNC(=O)c1cncc(Br)c1. The van der Waals surface area contributed by atoms with E-state index < -0.39 is 0 Å². The Labute approximate surface area is 117 Å². The highest BCUT2D eigenvalue weighted by Gasteiger charge is 2.12. The van der Waals surface area contributed by atoms with E-state index in [9.17, 15) is 4.79 Å². The molecule has 1 aromatic heterocycles. The van der Waals surface area contributed by atoms with Gasteiger partial charge in [-0.25, -0.2) is 0 Å². The van der Waals surface area contributed by atoms with Gasteiger partial charge in [-0.15, -0.1) is 0 Å². The average molecular weight is 314 g/mol. The zero-order valence-corrected chi connectivity index (χ0v) is 12.7. The van der Waals surface area contributed by atoms with Crippen molar-refractivity contribution in [2.75, 3.05) is 19.6 Å². The number of pyridine rings is 1. The van der Waals surface area contributed by atoms with Gasteiger partial charge in [-0.1, -0.05) is 13.8 Å². The van der Waals surface area contributed by atoms with E-state index in [1.54, 1.807) is 18.5 Å². The summed E-state index contributed by atoms with van der Waals surface area (Å²) in [5.74, 6) is -0.0807. The average Bonchev–Trinajstić information content (AvgIpc) is 2.37. The van der Waals surface area contributed by atoms with Crippen molar-refractivity contribution in [2.45, 2.75) is 26.8 Å². The Morgan fingerprint density at radius 2 is 2.11 bits per heavy atom. The summed E-state index contributed by atoms with van der Waals surface area (Å²) in [6.45, 7) is 9.00. The summed E-state index contributed by atoms with van der Waals surface area (Å²) < 4.78 is 0.812. The monoisotopic (exact) mass is 313 g/mol. The predicted molar refractivity (Wildman–Crippen MR) is 76.7 cm³/mol. The van der Waals surface area contributed by atoms with Gasteiger partial charge in [0.25, 0.3) is 5.91 Å². The summed E-state index contributed by atoms with van der Waals surface area (Å²) in [4.78, 5) is 18.2.